The Hall–Kier alpha value is -3.33. The molecule has 1 aromatic carbocycles. The van der Waals surface area contributed by atoms with Gasteiger partial charge in [-0.3, -0.25) is 10.2 Å². The molecule has 1 unspecified atom stereocenters. The van der Waals surface area contributed by atoms with E-state index in [-0.39, 0.29) is 24.3 Å². The van der Waals surface area contributed by atoms with Crippen molar-refractivity contribution in [3.8, 4) is 11.5 Å². The summed E-state index contributed by atoms with van der Waals surface area (Å²) in [5.74, 6) is 0.567. The van der Waals surface area contributed by atoms with Crippen LogP contribution in [0.5, 0.6) is 0 Å². The van der Waals surface area contributed by atoms with Crippen LogP contribution in [0, 0.1) is 24.5 Å². The minimum atomic E-state index is -0.843. The maximum atomic E-state index is 13.7. The molecule has 0 saturated carbocycles. The number of ether oxygens (including phenoxy) is 1. The van der Waals surface area contributed by atoms with Crippen molar-refractivity contribution < 1.29 is 22.7 Å². The Balaban J connectivity index is 1.22. The zero-order valence-corrected chi connectivity index (χ0v) is 18.1. The molecule has 3 fully saturated rings. The number of furan rings is 1. The number of halogens is 2. The Labute approximate surface area is 189 Å². The molecule has 4 atom stereocenters. The Bertz CT molecular complexity index is 1150. The zero-order valence-electron chi connectivity index (χ0n) is 18.1. The van der Waals surface area contributed by atoms with Crippen molar-refractivity contribution in [2.45, 2.75) is 31.7 Å². The van der Waals surface area contributed by atoms with Gasteiger partial charge >= 0.3 is 6.09 Å². The number of hydrogen-bond donors (Lipinski definition) is 1. The maximum absolute atomic E-state index is 13.7. The van der Waals surface area contributed by atoms with Crippen LogP contribution in [0.25, 0.3) is 11.5 Å². The largest absolute Gasteiger partial charge is 0.463 e. The summed E-state index contributed by atoms with van der Waals surface area (Å²) in [5.41, 5.74) is 1.68. The predicted molar refractivity (Wildman–Crippen MR) is 117 cm³/mol. The van der Waals surface area contributed by atoms with Gasteiger partial charge in [-0.25, -0.2) is 23.5 Å². The first-order chi connectivity index (χ1) is 16.0. The zero-order chi connectivity index (χ0) is 22.9. The van der Waals surface area contributed by atoms with Crippen molar-refractivity contribution in [2.75, 3.05) is 25.0 Å². The van der Waals surface area contributed by atoms with Gasteiger partial charge in [0.15, 0.2) is 5.76 Å². The number of carbonyl (C=O) groups excluding carboxylic acids is 1. The van der Waals surface area contributed by atoms with Crippen LogP contribution in [-0.4, -0.2) is 46.7 Å². The molecule has 1 N–H and O–H groups in total. The quantitative estimate of drug-likeness (QED) is 0.599. The first-order valence-corrected chi connectivity index (χ1v) is 11.0. The van der Waals surface area contributed by atoms with Crippen LogP contribution in [0.15, 0.2) is 47.1 Å². The normalized spacial score (nSPS) is 24.0. The lowest BCUT2D eigenvalue weighted by Crippen LogP contribution is -2.54. The van der Waals surface area contributed by atoms with Crippen LogP contribution < -0.4 is 5.32 Å². The summed E-state index contributed by atoms with van der Waals surface area (Å²) >= 11 is 0. The van der Waals surface area contributed by atoms with Crippen molar-refractivity contribution in [2.24, 2.45) is 5.92 Å². The number of aromatic nitrogens is 2. The fourth-order valence-corrected chi connectivity index (χ4v) is 4.89. The van der Waals surface area contributed by atoms with Crippen LogP contribution in [0.2, 0.25) is 0 Å². The molecular formula is C24H24F2N4O3. The van der Waals surface area contributed by atoms with Crippen LogP contribution in [0.3, 0.4) is 0 Å². The van der Waals surface area contributed by atoms with E-state index in [4.69, 9.17) is 14.1 Å². The van der Waals surface area contributed by atoms with Gasteiger partial charge in [0.25, 0.3) is 0 Å². The molecule has 6 rings (SSSR count). The molecule has 3 aromatic rings. The molecule has 0 spiro atoms. The number of hydrogen-bond acceptors (Lipinski definition) is 6. The summed E-state index contributed by atoms with van der Waals surface area (Å²) in [4.78, 5) is 23.7. The minimum absolute atomic E-state index is 0.0938. The molecule has 3 aliphatic rings. The Kier molecular flexibility index (Phi) is 5.80. The highest BCUT2D eigenvalue weighted by Gasteiger charge is 2.42. The van der Waals surface area contributed by atoms with Gasteiger partial charge in [-0.2, -0.15) is 0 Å². The van der Waals surface area contributed by atoms with E-state index in [1.165, 1.54) is 6.07 Å². The van der Waals surface area contributed by atoms with Gasteiger partial charge in [-0.15, -0.1) is 0 Å². The lowest BCUT2D eigenvalue weighted by molar-refractivity contribution is -0.00152. The Morgan fingerprint density at radius 2 is 2.15 bits per heavy atom. The van der Waals surface area contributed by atoms with Gasteiger partial charge in [0, 0.05) is 30.3 Å². The number of aryl methyl sites for hydroxylation is 1. The summed E-state index contributed by atoms with van der Waals surface area (Å²) < 4.78 is 37.6. The van der Waals surface area contributed by atoms with Crippen molar-refractivity contribution in [3.63, 3.8) is 0 Å². The number of benzene rings is 1. The number of anilines is 1. The summed E-state index contributed by atoms with van der Waals surface area (Å²) in [5, 5.41) is 2.33. The molecule has 1 amide bonds. The fourth-order valence-electron chi connectivity index (χ4n) is 4.89. The summed E-state index contributed by atoms with van der Waals surface area (Å²) in [6, 6.07) is 8.79. The van der Waals surface area contributed by atoms with E-state index in [0.29, 0.717) is 17.8 Å². The third-order valence-corrected chi connectivity index (χ3v) is 6.46. The van der Waals surface area contributed by atoms with Crippen molar-refractivity contribution in [1.29, 1.82) is 0 Å². The van der Waals surface area contributed by atoms with Gasteiger partial charge in [0.2, 0.25) is 0 Å². The van der Waals surface area contributed by atoms with Crippen molar-refractivity contribution >= 4 is 11.8 Å². The monoisotopic (exact) mass is 454 g/mol. The molecule has 2 bridgehead atoms. The summed E-state index contributed by atoms with van der Waals surface area (Å²) in [6.45, 7) is 3.84. The van der Waals surface area contributed by atoms with Gasteiger partial charge in [-0.1, -0.05) is 0 Å². The van der Waals surface area contributed by atoms with Gasteiger partial charge in [-0.05, 0) is 62.6 Å². The molecule has 3 saturated heterocycles. The van der Waals surface area contributed by atoms with Crippen LogP contribution in [0.4, 0.5) is 19.3 Å². The number of nitrogens with one attached hydrogen (secondary N) is 1. The van der Waals surface area contributed by atoms with E-state index in [9.17, 15) is 13.6 Å². The molecule has 9 heteroatoms. The average Bonchev–Trinajstić information content (AvgIpc) is 3.35. The number of fused-ring (bicyclic) bond motifs is 3. The molecule has 3 aliphatic heterocycles. The molecular weight excluding hydrogens is 430 g/mol. The lowest BCUT2D eigenvalue weighted by Gasteiger charge is -2.49. The van der Waals surface area contributed by atoms with E-state index >= 15 is 0 Å². The molecule has 33 heavy (non-hydrogen) atoms. The molecule has 172 valence electrons. The highest BCUT2D eigenvalue weighted by atomic mass is 19.1. The second-order valence-electron chi connectivity index (χ2n) is 8.59. The maximum Gasteiger partial charge on any atom is 0.411 e. The first-order valence-electron chi connectivity index (χ1n) is 11.0. The minimum Gasteiger partial charge on any atom is -0.463 e. The Morgan fingerprint density at radius 1 is 1.27 bits per heavy atom. The Morgan fingerprint density at radius 3 is 2.88 bits per heavy atom. The van der Waals surface area contributed by atoms with Gasteiger partial charge < -0.3 is 9.15 Å². The second-order valence-corrected chi connectivity index (χ2v) is 8.59. The summed E-state index contributed by atoms with van der Waals surface area (Å²) in [7, 11) is 0. The van der Waals surface area contributed by atoms with Crippen molar-refractivity contribution in [1.82, 2.24) is 14.9 Å². The SMILES string of the molecule is Cc1nc(-c2ccco2)cc([C@@H]2CN3CC[C@H]2C[C@@H]3COC(=O)Nc2ccc(F)cc2F)n1. The fraction of sp³-hybridized carbons (Fsp3) is 0.375. The molecule has 5 heterocycles. The first kappa shape index (κ1) is 21.5. The van der Waals surface area contributed by atoms with Crippen LogP contribution in [-0.2, 0) is 4.74 Å². The van der Waals surface area contributed by atoms with Crippen molar-refractivity contribution in [3.05, 3.63) is 65.8 Å². The second kappa shape index (κ2) is 8.90. The number of piperidine rings is 3. The topological polar surface area (TPSA) is 80.5 Å². The highest BCUT2D eigenvalue weighted by Crippen LogP contribution is 2.42. The molecule has 2 aromatic heterocycles. The predicted octanol–water partition coefficient (Wildman–Crippen LogP) is 4.75. The average molecular weight is 454 g/mol. The van der Waals surface area contributed by atoms with E-state index < -0.39 is 17.7 Å². The van der Waals surface area contributed by atoms with E-state index in [1.54, 1.807) is 6.26 Å². The van der Waals surface area contributed by atoms with Gasteiger partial charge in [0.05, 0.1) is 12.0 Å². The number of rotatable bonds is 5. The summed E-state index contributed by atoms with van der Waals surface area (Å²) in [6.07, 6.45) is 2.80. The van der Waals surface area contributed by atoms with E-state index in [2.05, 4.69) is 15.2 Å². The molecule has 0 aliphatic carbocycles. The smallest absolute Gasteiger partial charge is 0.411 e. The third-order valence-electron chi connectivity index (χ3n) is 6.46. The van der Waals surface area contributed by atoms with E-state index in [1.807, 2.05) is 25.1 Å². The number of carbonyl (C=O) groups is 1. The third kappa shape index (κ3) is 4.59. The number of amides is 1. The standard InChI is InChI=1S/C24H24F2N4O3/c1-14-27-21(11-22(28-14)23-3-2-8-32-23)18-12-30-7-6-15(18)9-17(30)13-33-24(31)29-20-5-4-16(25)10-19(20)26/h2-5,8,10-11,15,17-18H,6-7,9,12-13H2,1H3,(H,29,31)/t15-,17+,18+/m0/s1. The lowest BCUT2D eigenvalue weighted by atomic mass is 9.74. The van der Waals surface area contributed by atoms with Crippen LogP contribution >= 0.6 is 0 Å². The molecule has 7 nitrogen and oxygen atoms in total. The highest BCUT2D eigenvalue weighted by molar-refractivity contribution is 5.84. The van der Waals surface area contributed by atoms with Gasteiger partial charge in [0.1, 0.15) is 29.8 Å². The number of nitrogens with zero attached hydrogens (tertiary/aromatic N) is 3. The molecule has 0 radical (unpaired) electrons. The van der Waals surface area contributed by atoms with Crippen LogP contribution in [0.1, 0.15) is 30.3 Å². The van der Waals surface area contributed by atoms with E-state index in [0.717, 1.165) is 49.1 Å².